The fourth-order valence-corrected chi connectivity index (χ4v) is 0.700. The summed E-state index contributed by atoms with van der Waals surface area (Å²) in [5, 5.41) is 26.2. The molecule has 0 aromatic heterocycles. The van der Waals surface area contributed by atoms with Crippen LogP contribution >= 0.6 is 0 Å². The van der Waals surface area contributed by atoms with Crippen molar-refractivity contribution in [1.82, 2.24) is 0 Å². The molecule has 0 fully saturated rings. The number of aliphatic carboxylic acids is 1. The van der Waals surface area contributed by atoms with E-state index in [2.05, 4.69) is 0 Å². The summed E-state index contributed by atoms with van der Waals surface area (Å²) in [6.45, 7) is 1.64. The molecule has 0 aliphatic rings. The minimum Gasteiger partial charge on any atom is -1.00 e. The zero-order valence-corrected chi connectivity index (χ0v) is 9.58. The summed E-state index contributed by atoms with van der Waals surface area (Å²) in [5.41, 5.74) is 0. The molecule has 0 saturated heterocycles. The molecule has 0 saturated carbocycles. The normalized spacial score (nSPS) is 10.6. The van der Waals surface area contributed by atoms with Crippen LogP contribution in [0.15, 0.2) is 0 Å². The van der Waals surface area contributed by atoms with E-state index in [0.717, 1.165) is 0 Å². The van der Waals surface area contributed by atoms with E-state index in [-0.39, 0.29) is 50.2 Å². The van der Waals surface area contributed by atoms with Crippen LogP contribution < -0.4 is 29.6 Å². The first-order valence-corrected chi connectivity index (χ1v) is 3.64. The van der Waals surface area contributed by atoms with Crippen LogP contribution in [0.4, 0.5) is 0 Å². The zero-order valence-electron chi connectivity index (χ0n) is 8.58. The Balaban J connectivity index is -0.000000500. The van der Waals surface area contributed by atoms with Crippen molar-refractivity contribution in [3.8, 4) is 0 Å². The fourth-order valence-electron chi connectivity index (χ4n) is 0.700. The van der Waals surface area contributed by atoms with Gasteiger partial charge in [0, 0.05) is 12.8 Å². The Bertz CT molecular complexity index is 140. The van der Waals surface area contributed by atoms with Crippen molar-refractivity contribution in [3.05, 3.63) is 0 Å². The molecule has 0 aliphatic carbocycles. The van der Waals surface area contributed by atoms with Crippen LogP contribution in [0.3, 0.4) is 0 Å². The van der Waals surface area contributed by atoms with Gasteiger partial charge in [-0.1, -0.05) is 6.92 Å². The summed E-state index contributed by atoms with van der Waals surface area (Å²) in [6.07, 6.45) is 0.640. The summed E-state index contributed by atoms with van der Waals surface area (Å²) in [5.74, 6) is -2.59. The summed E-state index contributed by atoms with van der Waals surface area (Å²) in [4.78, 5) is 10.0. The molecular weight excluding hydrogens is 171 g/mol. The minimum atomic E-state index is -1.69. The van der Waals surface area contributed by atoms with Crippen LogP contribution in [0.25, 0.3) is 0 Å². The van der Waals surface area contributed by atoms with Crippen molar-refractivity contribution >= 4 is 5.97 Å². The molecule has 0 amide bonds. The van der Waals surface area contributed by atoms with Gasteiger partial charge in [0.2, 0.25) is 0 Å². The third kappa shape index (κ3) is 8.49. The smallest absolute Gasteiger partial charge is 1.00 e. The predicted octanol–water partition coefficient (Wildman–Crippen LogP) is -2.55. The number of hydrogen-bond donors (Lipinski definition) is 3. The van der Waals surface area contributed by atoms with Gasteiger partial charge in [-0.3, -0.25) is 4.79 Å². The van der Waals surface area contributed by atoms with Crippen LogP contribution in [0.2, 0.25) is 0 Å². The van der Waals surface area contributed by atoms with E-state index in [1.54, 1.807) is 6.92 Å². The molecular formula is C7H15NaO4. The number of rotatable bonds is 5. The first-order chi connectivity index (χ1) is 4.98. The second-order valence-corrected chi connectivity index (χ2v) is 2.58. The molecule has 3 N–H and O–H groups in total. The Morgan fingerprint density at radius 2 is 2.00 bits per heavy atom. The van der Waals surface area contributed by atoms with Crippen molar-refractivity contribution in [3.63, 3.8) is 0 Å². The molecule has 0 rings (SSSR count). The Morgan fingerprint density at radius 3 is 2.33 bits per heavy atom. The number of hydrogen-bond acceptors (Lipinski definition) is 3. The Labute approximate surface area is 95.4 Å². The van der Waals surface area contributed by atoms with Gasteiger partial charge >= 0.3 is 35.5 Å². The first kappa shape index (κ1) is 14.9. The molecule has 12 heavy (non-hydrogen) atoms. The van der Waals surface area contributed by atoms with E-state index in [4.69, 9.17) is 15.3 Å². The molecule has 0 heterocycles. The van der Waals surface area contributed by atoms with Gasteiger partial charge < -0.3 is 16.7 Å². The van der Waals surface area contributed by atoms with E-state index in [0.29, 0.717) is 6.42 Å². The molecule has 5 heteroatoms. The maximum atomic E-state index is 10.0. The standard InChI is InChI=1S/C7H14O4.Na.H/c1-2-7(10,11)5-3-4-6(8)9;;/h10-11H,2-5H2,1H3,(H,8,9);;/q;+1;-1. The van der Waals surface area contributed by atoms with Gasteiger partial charge in [0.05, 0.1) is 0 Å². The zero-order chi connectivity index (χ0) is 8.91. The molecule has 4 nitrogen and oxygen atoms in total. The van der Waals surface area contributed by atoms with Crippen LogP contribution in [-0.2, 0) is 4.79 Å². The van der Waals surface area contributed by atoms with Crippen molar-refractivity contribution in [2.45, 2.75) is 38.4 Å². The summed E-state index contributed by atoms with van der Waals surface area (Å²) in [7, 11) is 0. The second-order valence-electron chi connectivity index (χ2n) is 2.58. The van der Waals surface area contributed by atoms with E-state index >= 15 is 0 Å². The molecule has 0 atom stereocenters. The van der Waals surface area contributed by atoms with Crippen molar-refractivity contribution in [1.29, 1.82) is 0 Å². The van der Waals surface area contributed by atoms with E-state index < -0.39 is 11.8 Å². The van der Waals surface area contributed by atoms with Gasteiger partial charge in [0.15, 0.2) is 5.79 Å². The SMILES string of the molecule is CCC(O)(O)CCCC(=O)O.[H-].[Na+]. The van der Waals surface area contributed by atoms with Gasteiger partial charge in [-0.05, 0) is 12.8 Å². The average Bonchev–Trinajstić information content (AvgIpc) is 1.87. The largest absolute Gasteiger partial charge is 1.00 e. The molecule has 0 radical (unpaired) electrons. The molecule has 0 unspecified atom stereocenters. The summed E-state index contributed by atoms with van der Waals surface area (Å²) in [6, 6.07) is 0. The number of carboxylic acids is 1. The molecule has 0 aromatic rings. The van der Waals surface area contributed by atoms with Gasteiger partial charge in [-0.15, -0.1) is 0 Å². The van der Waals surface area contributed by atoms with Gasteiger partial charge in [0.1, 0.15) is 0 Å². The Hall–Kier alpha value is 0.390. The van der Waals surface area contributed by atoms with E-state index in [1.165, 1.54) is 0 Å². The van der Waals surface area contributed by atoms with Crippen LogP contribution in [0.5, 0.6) is 0 Å². The third-order valence-electron chi connectivity index (χ3n) is 1.53. The van der Waals surface area contributed by atoms with E-state index in [1.807, 2.05) is 0 Å². The monoisotopic (exact) mass is 186 g/mol. The maximum Gasteiger partial charge on any atom is 1.00 e. The molecule has 0 spiro atoms. The third-order valence-corrected chi connectivity index (χ3v) is 1.53. The first-order valence-electron chi connectivity index (χ1n) is 3.64. The maximum absolute atomic E-state index is 10.0. The Kier molecular flexibility index (Phi) is 8.51. The molecule has 0 bridgehead atoms. The predicted molar refractivity (Wildman–Crippen MR) is 40.1 cm³/mol. The minimum absolute atomic E-state index is 0. The average molecular weight is 186 g/mol. The molecule has 0 aliphatic heterocycles. The Morgan fingerprint density at radius 1 is 1.50 bits per heavy atom. The second kappa shape index (κ2) is 6.86. The van der Waals surface area contributed by atoms with E-state index in [9.17, 15) is 4.79 Å². The number of carbonyl (C=O) groups is 1. The van der Waals surface area contributed by atoms with Crippen LogP contribution in [0, 0.1) is 0 Å². The fraction of sp³-hybridized carbons (Fsp3) is 0.857. The summed E-state index contributed by atoms with van der Waals surface area (Å²) >= 11 is 0. The van der Waals surface area contributed by atoms with Gasteiger partial charge in [-0.25, -0.2) is 0 Å². The van der Waals surface area contributed by atoms with Crippen LogP contribution in [-0.4, -0.2) is 27.1 Å². The summed E-state index contributed by atoms with van der Waals surface area (Å²) < 4.78 is 0. The number of carboxylic acid groups (broad SMARTS) is 1. The van der Waals surface area contributed by atoms with Gasteiger partial charge in [-0.2, -0.15) is 0 Å². The van der Waals surface area contributed by atoms with Crippen molar-refractivity contribution in [2.24, 2.45) is 0 Å². The van der Waals surface area contributed by atoms with Crippen LogP contribution in [0.1, 0.15) is 34.0 Å². The van der Waals surface area contributed by atoms with Crippen molar-refractivity contribution < 1.29 is 51.1 Å². The molecule has 0 aromatic carbocycles. The topological polar surface area (TPSA) is 77.8 Å². The number of aliphatic hydroxyl groups is 2. The van der Waals surface area contributed by atoms with Gasteiger partial charge in [0.25, 0.3) is 0 Å². The van der Waals surface area contributed by atoms with Crippen molar-refractivity contribution in [2.75, 3.05) is 0 Å². The quantitative estimate of drug-likeness (QED) is 0.326. The molecule has 68 valence electrons.